The molecule has 1 aromatic rings. The van der Waals surface area contributed by atoms with E-state index in [0.717, 1.165) is 43.3 Å². The van der Waals surface area contributed by atoms with Crippen molar-refractivity contribution in [1.82, 2.24) is 0 Å². The lowest BCUT2D eigenvalue weighted by Crippen LogP contribution is -2.25. The Hall–Kier alpha value is -0.650. The highest BCUT2D eigenvalue weighted by Gasteiger charge is 2.37. The lowest BCUT2D eigenvalue weighted by Gasteiger charge is -2.36. The first-order valence-corrected chi connectivity index (χ1v) is 10.6. The van der Waals surface area contributed by atoms with E-state index in [4.69, 9.17) is 9.47 Å². The van der Waals surface area contributed by atoms with E-state index in [1.807, 2.05) is 23.5 Å². The number of rotatable bonds is 6. The first kappa shape index (κ1) is 18.2. The van der Waals surface area contributed by atoms with E-state index in [9.17, 15) is 4.79 Å². The molecule has 2 aliphatic heterocycles. The summed E-state index contributed by atoms with van der Waals surface area (Å²) < 4.78 is 11.0. The molecule has 0 saturated carbocycles. The van der Waals surface area contributed by atoms with Crippen LogP contribution in [-0.2, 0) is 20.0 Å². The zero-order valence-electron chi connectivity index (χ0n) is 14.5. The number of carbonyl (C=O) groups is 1. The second-order valence-corrected chi connectivity index (χ2v) is 9.69. The maximum absolute atomic E-state index is 11.9. The van der Waals surface area contributed by atoms with Gasteiger partial charge in [-0.1, -0.05) is 6.07 Å². The molecule has 0 radical (unpaired) electrons. The van der Waals surface area contributed by atoms with E-state index in [-0.39, 0.29) is 9.86 Å². The topological polar surface area (TPSA) is 35.5 Å². The monoisotopic (exact) mass is 366 g/mol. The van der Waals surface area contributed by atoms with Gasteiger partial charge in [-0.3, -0.25) is 4.79 Å². The Bertz CT molecular complexity index is 576. The molecule has 24 heavy (non-hydrogen) atoms. The summed E-state index contributed by atoms with van der Waals surface area (Å²) in [5.74, 6) is 4.04. The molecule has 5 heteroatoms. The predicted octanol–water partition coefficient (Wildman–Crippen LogP) is 4.28. The molecule has 3 rings (SSSR count). The number of ether oxygens (including phenoxy) is 2. The number of ketones is 1. The molecule has 0 amide bonds. The van der Waals surface area contributed by atoms with Crippen LogP contribution in [0.2, 0.25) is 0 Å². The van der Waals surface area contributed by atoms with Crippen LogP contribution >= 0.6 is 23.5 Å². The summed E-state index contributed by atoms with van der Waals surface area (Å²) in [6, 6.07) is 6.52. The zero-order valence-corrected chi connectivity index (χ0v) is 16.1. The average Bonchev–Trinajstić information content (AvgIpc) is 3.08. The lowest BCUT2D eigenvalue weighted by atomic mass is 9.95. The van der Waals surface area contributed by atoms with Crippen LogP contribution in [0.5, 0.6) is 5.75 Å². The minimum Gasteiger partial charge on any atom is -0.496 e. The third kappa shape index (κ3) is 4.12. The molecule has 0 aromatic heterocycles. The summed E-state index contributed by atoms with van der Waals surface area (Å²) in [7, 11) is 1.74. The molecule has 2 fully saturated rings. The van der Waals surface area contributed by atoms with Gasteiger partial charge in [-0.15, -0.1) is 23.5 Å². The molecule has 2 aliphatic rings. The Morgan fingerprint density at radius 2 is 2.17 bits per heavy atom. The van der Waals surface area contributed by atoms with Crippen molar-refractivity contribution in [2.45, 2.75) is 36.7 Å². The van der Waals surface area contributed by atoms with Gasteiger partial charge in [0.2, 0.25) is 0 Å². The van der Waals surface area contributed by atoms with Crippen LogP contribution in [0, 0.1) is 5.92 Å². The van der Waals surface area contributed by atoms with Gasteiger partial charge >= 0.3 is 0 Å². The first-order valence-electron chi connectivity index (χ1n) is 8.65. The maximum atomic E-state index is 11.9. The molecule has 132 valence electrons. The van der Waals surface area contributed by atoms with E-state index >= 15 is 0 Å². The van der Waals surface area contributed by atoms with Crippen molar-refractivity contribution in [3.63, 3.8) is 0 Å². The molecular weight excluding hydrogens is 340 g/mol. The van der Waals surface area contributed by atoms with E-state index in [1.165, 1.54) is 17.5 Å². The van der Waals surface area contributed by atoms with Crippen LogP contribution in [0.15, 0.2) is 18.2 Å². The number of Topliss-reactive ketones (excluding diaryl/α,β-unsaturated/α-hetero) is 1. The highest BCUT2D eigenvalue weighted by molar-refractivity contribution is 8.18. The Kier molecular flexibility index (Phi) is 6.17. The molecule has 0 spiro atoms. The Balaban J connectivity index is 1.91. The molecule has 0 N–H and O–H groups in total. The lowest BCUT2D eigenvalue weighted by molar-refractivity contribution is -0.117. The number of hydrogen-bond donors (Lipinski definition) is 0. The molecule has 0 aliphatic carbocycles. The molecule has 2 saturated heterocycles. The van der Waals surface area contributed by atoms with Gasteiger partial charge in [0.15, 0.2) is 0 Å². The first-order chi connectivity index (χ1) is 11.6. The molecule has 0 unspecified atom stereocenters. The molecule has 0 bridgehead atoms. The maximum Gasteiger partial charge on any atom is 0.132 e. The summed E-state index contributed by atoms with van der Waals surface area (Å²) in [6.07, 6.45) is 3.93. The van der Waals surface area contributed by atoms with E-state index in [0.29, 0.717) is 12.3 Å². The van der Waals surface area contributed by atoms with Crippen LogP contribution in [-0.4, -0.2) is 37.6 Å². The summed E-state index contributed by atoms with van der Waals surface area (Å²) >= 11 is 3.87. The third-order valence-corrected chi connectivity index (χ3v) is 8.08. The zero-order chi connectivity index (χ0) is 17.0. The summed E-state index contributed by atoms with van der Waals surface area (Å²) in [4.78, 5) is 11.9. The summed E-state index contributed by atoms with van der Waals surface area (Å²) in [6.45, 7) is 3.42. The fourth-order valence-electron chi connectivity index (χ4n) is 3.50. The summed E-state index contributed by atoms with van der Waals surface area (Å²) in [5, 5.41) is 0. The highest BCUT2D eigenvalue weighted by Crippen LogP contribution is 2.53. The van der Waals surface area contributed by atoms with Gasteiger partial charge in [0.1, 0.15) is 11.5 Å². The average molecular weight is 367 g/mol. The largest absolute Gasteiger partial charge is 0.496 e. The van der Waals surface area contributed by atoms with Crippen molar-refractivity contribution < 1.29 is 14.3 Å². The minimum absolute atomic E-state index is 0.128. The second kappa shape index (κ2) is 8.15. The Labute approximate surface area is 153 Å². The third-order valence-electron chi connectivity index (χ3n) is 4.69. The smallest absolute Gasteiger partial charge is 0.132 e. The Morgan fingerprint density at radius 3 is 2.79 bits per heavy atom. The van der Waals surface area contributed by atoms with E-state index in [2.05, 4.69) is 18.2 Å². The van der Waals surface area contributed by atoms with Crippen LogP contribution in [0.4, 0.5) is 0 Å². The van der Waals surface area contributed by atoms with E-state index < -0.39 is 0 Å². The number of hydrogen-bond acceptors (Lipinski definition) is 5. The number of methoxy groups -OCH3 is 1. The highest BCUT2D eigenvalue weighted by atomic mass is 32.2. The normalized spacial score (nSPS) is 23.2. The number of thioether (sulfide) groups is 2. The fraction of sp³-hybridized carbons (Fsp3) is 0.632. The molecule has 3 nitrogen and oxygen atoms in total. The molecule has 1 aromatic carbocycles. The van der Waals surface area contributed by atoms with Crippen molar-refractivity contribution >= 4 is 29.3 Å². The standard InChI is InChI=1S/C19H26O3S2/c1-14(20)12-19(23-8-3-9-24-19)17-4-5-18(21-2)16(11-17)10-15-6-7-22-13-15/h4-5,11,15H,3,6-10,12-13H2,1-2H3/t15-/m0/s1. The van der Waals surface area contributed by atoms with Gasteiger partial charge in [-0.05, 0) is 66.9 Å². The molecule has 2 heterocycles. The minimum atomic E-state index is -0.128. The van der Waals surface area contributed by atoms with Crippen molar-refractivity contribution in [3.05, 3.63) is 29.3 Å². The van der Waals surface area contributed by atoms with Gasteiger partial charge in [0.25, 0.3) is 0 Å². The number of carbonyl (C=O) groups excluding carboxylic acids is 1. The fourth-order valence-corrected chi connectivity index (χ4v) is 6.95. The van der Waals surface area contributed by atoms with Crippen molar-refractivity contribution in [3.8, 4) is 5.75 Å². The van der Waals surface area contributed by atoms with Gasteiger partial charge in [0, 0.05) is 19.6 Å². The SMILES string of the molecule is COc1ccc(C2(CC(C)=O)SCCCS2)cc1C[C@@H]1CCOC1. The van der Waals surface area contributed by atoms with Gasteiger partial charge in [-0.2, -0.15) is 0 Å². The molecular formula is C19H26O3S2. The Morgan fingerprint density at radius 1 is 1.38 bits per heavy atom. The van der Waals surface area contributed by atoms with Crippen molar-refractivity contribution in [2.75, 3.05) is 31.8 Å². The van der Waals surface area contributed by atoms with Crippen molar-refractivity contribution in [2.24, 2.45) is 5.92 Å². The van der Waals surface area contributed by atoms with Gasteiger partial charge in [0.05, 0.1) is 11.2 Å². The quantitative estimate of drug-likeness (QED) is 0.751. The van der Waals surface area contributed by atoms with E-state index in [1.54, 1.807) is 14.0 Å². The van der Waals surface area contributed by atoms with Crippen LogP contribution in [0.1, 0.15) is 37.3 Å². The van der Waals surface area contributed by atoms with Crippen molar-refractivity contribution in [1.29, 1.82) is 0 Å². The molecule has 1 atom stereocenters. The van der Waals surface area contributed by atoms with Crippen LogP contribution in [0.25, 0.3) is 0 Å². The van der Waals surface area contributed by atoms with Gasteiger partial charge in [-0.25, -0.2) is 0 Å². The van der Waals surface area contributed by atoms with Crippen LogP contribution < -0.4 is 4.74 Å². The summed E-state index contributed by atoms with van der Waals surface area (Å²) in [5.41, 5.74) is 2.52. The number of benzene rings is 1. The van der Waals surface area contributed by atoms with Gasteiger partial charge < -0.3 is 9.47 Å². The predicted molar refractivity (Wildman–Crippen MR) is 102 cm³/mol. The van der Waals surface area contributed by atoms with Crippen LogP contribution in [0.3, 0.4) is 0 Å². The second-order valence-electron chi connectivity index (χ2n) is 6.64.